The third kappa shape index (κ3) is 8.58. The van der Waals surface area contributed by atoms with E-state index in [1.807, 2.05) is 42.5 Å². The average Bonchev–Trinajstić information content (AvgIpc) is 3.45. The zero-order valence-corrected chi connectivity index (χ0v) is 27.2. The van der Waals surface area contributed by atoms with Crippen LogP contribution in [0.4, 0.5) is 10.7 Å². The summed E-state index contributed by atoms with van der Waals surface area (Å²) in [6.07, 6.45) is 1.76. The highest BCUT2D eigenvalue weighted by Gasteiger charge is 2.26. The molecular formula is C34H36N2O7S2. The Labute approximate surface area is 267 Å². The largest absolute Gasteiger partial charge is 0.462 e. The summed E-state index contributed by atoms with van der Waals surface area (Å²) in [5.41, 5.74) is 3.04. The maximum atomic E-state index is 13.2. The van der Waals surface area contributed by atoms with Crippen molar-refractivity contribution < 1.29 is 32.3 Å². The highest BCUT2D eigenvalue weighted by molar-refractivity contribution is 7.92. The normalized spacial score (nSPS) is 11.8. The van der Waals surface area contributed by atoms with E-state index in [0.717, 1.165) is 35.3 Å². The number of hydrogen-bond donors (Lipinski definition) is 2. The molecule has 2 N–H and O–H groups in total. The Kier molecular flexibility index (Phi) is 11.1. The van der Waals surface area contributed by atoms with Gasteiger partial charge < -0.3 is 14.8 Å². The summed E-state index contributed by atoms with van der Waals surface area (Å²) in [5, 5.41) is 2.94. The highest BCUT2D eigenvalue weighted by atomic mass is 32.2. The Morgan fingerprint density at radius 2 is 1.60 bits per heavy atom. The molecule has 236 valence electrons. The zero-order chi connectivity index (χ0) is 32.6. The van der Waals surface area contributed by atoms with Crippen LogP contribution in [0.2, 0.25) is 0 Å². The molecule has 0 saturated carbocycles. The van der Waals surface area contributed by atoms with Crippen LogP contribution < -0.4 is 10.0 Å². The fourth-order valence-corrected chi connectivity index (χ4v) is 6.54. The van der Waals surface area contributed by atoms with E-state index in [9.17, 15) is 22.8 Å². The number of hydrogen-bond acceptors (Lipinski definition) is 8. The number of benzene rings is 3. The Bertz CT molecular complexity index is 1770. The molecule has 11 heteroatoms. The number of rotatable bonds is 13. The Balaban J connectivity index is 1.47. The molecule has 1 atom stereocenters. The topological polar surface area (TPSA) is 128 Å². The van der Waals surface area contributed by atoms with E-state index < -0.39 is 34.0 Å². The van der Waals surface area contributed by atoms with Gasteiger partial charge in [-0.3, -0.25) is 9.52 Å². The number of anilines is 2. The third-order valence-corrected chi connectivity index (χ3v) is 9.42. The quantitative estimate of drug-likeness (QED) is 0.146. The number of thiophene rings is 1. The standard InChI is InChI=1S/C34H36N2O7S2/c1-5-7-11-24-15-17-26(18-16-24)36-45(40,41)27-19-14-22(3)28(20-27)34(39)43-23(4)31(37)35-32-29(33(38)42-6-2)21-30(44-32)25-12-9-8-10-13-25/h8-10,12-21,23,36H,5-7,11H2,1-4H3,(H,35,37). The maximum Gasteiger partial charge on any atom is 0.341 e. The second-order valence-corrected chi connectivity index (χ2v) is 13.1. The number of carbonyl (C=O) groups is 3. The molecule has 0 aliphatic carbocycles. The Morgan fingerprint density at radius 1 is 0.889 bits per heavy atom. The third-order valence-electron chi connectivity index (χ3n) is 6.94. The van der Waals surface area contributed by atoms with Gasteiger partial charge in [-0.15, -0.1) is 11.3 Å². The summed E-state index contributed by atoms with van der Waals surface area (Å²) in [7, 11) is -4.02. The molecule has 4 aromatic rings. The molecular weight excluding hydrogens is 613 g/mol. The van der Waals surface area contributed by atoms with Crippen LogP contribution in [0.15, 0.2) is 83.8 Å². The first-order valence-electron chi connectivity index (χ1n) is 14.6. The lowest BCUT2D eigenvalue weighted by atomic mass is 10.1. The lowest BCUT2D eigenvalue weighted by molar-refractivity contribution is -0.123. The molecule has 3 aromatic carbocycles. The van der Waals surface area contributed by atoms with E-state index in [1.54, 1.807) is 32.0 Å². The summed E-state index contributed by atoms with van der Waals surface area (Å²) in [5.74, 6) is -2.12. The van der Waals surface area contributed by atoms with Crippen LogP contribution in [0, 0.1) is 6.92 Å². The lowest BCUT2D eigenvalue weighted by Gasteiger charge is -2.15. The first-order chi connectivity index (χ1) is 21.5. The van der Waals surface area contributed by atoms with Gasteiger partial charge in [0.05, 0.1) is 22.6 Å². The van der Waals surface area contributed by atoms with Gasteiger partial charge in [-0.1, -0.05) is 61.9 Å². The first-order valence-corrected chi connectivity index (χ1v) is 16.9. The summed E-state index contributed by atoms with van der Waals surface area (Å²) in [4.78, 5) is 39.5. The van der Waals surface area contributed by atoms with Crippen LogP contribution in [0.5, 0.6) is 0 Å². The van der Waals surface area contributed by atoms with E-state index in [1.165, 1.54) is 36.5 Å². The van der Waals surface area contributed by atoms with Crippen LogP contribution in [0.3, 0.4) is 0 Å². The molecule has 1 heterocycles. The summed E-state index contributed by atoms with van der Waals surface area (Å²) in [6.45, 7) is 6.99. The van der Waals surface area contributed by atoms with E-state index in [4.69, 9.17) is 9.47 Å². The fourth-order valence-electron chi connectivity index (χ4n) is 4.40. The van der Waals surface area contributed by atoms with Gasteiger partial charge in [0.15, 0.2) is 6.10 Å². The molecule has 1 aromatic heterocycles. The summed E-state index contributed by atoms with van der Waals surface area (Å²) in [6, 6.07) is 22.3. The molecule has 0 aliphatic heterocycles. The smallest absolute Gasteiger partial charge is 0.341 e. The first kappa shape index (κ1) is 33.4. The molecule has 45 heavy (non-hydrogen) atoms. The van der Waals surface area contributed by atoms with E-state index in [0.29, 0.717) is 11.3 Å². The Hall–Kier alpha value is -4.48. The minimum absolute atomic E-state index is 0.00198. The number of amides is 1. The number of ether oxygens (including phenoxy) is 2. The van der Waals surface area contributed by atoms with Gasteiger partial charge in [-0.25, -0.2) is 18.0 Å². The van der Waals surface area contributed by atoms with Gasteiger partial charge in [-0.05, 0) is 80.6 Å². The van der Waals surface area contributed by atoms with Gasteiger partial charge in [0.1, 0.15) is 5.00 Å². The minimum Gasteiger partial charge on any atom is -0.462 e. The van der Waals surface area contributed by atoms with Gasteiger partial charge in [0.25, 0.3) is 15.9 Å². The van der Waals surface area contributed by atoms with Crippen LogP contribution in [0.1, 0.15) is 65.5 Å². The molecule has 0 bridgehead atoms. The summed E-state index contributed by atoms with van der Waals surface area (Å²) < 4.78 is 39.5. The van der Waals surface area contributed by atoms with Gasteiger partial charge >= 0.3 is 11.9 Å². The van der Waals surface area contributed by atoms with E-state index >= 15 is 0 Å². The number of carbonyl (C=O) groups excluding carboxylic acids is 3. The predicted molar refractivity (Wildman–Crippen MR) is 176 cm³/mol. The second-order valence-electron chi connectivity index (χ2n) is 10.4. The molecule has 1 amide bonds. The van der Waals surface area contributed by atoms with Crippen LogP contribution in [-0.2, 0) is 30.7 Å². The number of esters is 2. The number of aryl methyl sites for hydroxylation is 2. The molecule has 0 radical (unpaired) electrons. The number of sulfonamides is 1. The molecule has 9 nitrogen and oxygen atoms in total. The van der Waals surface area contributed by atoms with Crippen molar-refractivity contribution >= 4 is 49.9 Å². The lowest BCUT2D eigenvalue weighted by Crippen LogP contribution is -2.30. The Morgan fingerprint density at radius 3 is 2.27 bits per heavy atom. The number of nitrogens with one attached hydrogen (secondary N) is 2. The van der Waals surface area contributed by atoms with Crippen molar-refractivity contribution in [1.82, 2.24) is 0 Å². The minimum atomic E-state index is -4.02. The molecule has 0 fully saturated rings. The van der Waals surface area contributed by atoms with Crippen LogP contribution in [0.25, 0.3) is 10.4 Å². The molecule has 0 aliphatic rings. The molecule has 1 unspecified atom stereocenters. The van der Waals surface area contributed by atoms with Crippen molar-refractivity contribution in [2.24, 2.45) is 0 Å². The van der Waals surface area contributed by atoms with Crippen LogP contribution >= 0.6 is 11.3 Å². The van der Waals surface area contributed by atoms with Crippen molar-refractivity contribution in [2.45, 2.75) is 58.0 Å². The van der Waals surface area contributed by atoms with Crippen molar-refractivity contribution in [2.75, 3.05) is 16.6 Å². The maximum absolute atomic E-state index is 13.2. The molecule has 0 saturated heterocycles. The molecule has 0 spiro atoms. The summed E-state index contributed by atoms with van der Waals surface area (Å²) >= 11 is 1.19. The van der Waals surface area contributed by atoms with Gasteiger partial charge in [0.2, 0.25) is 0 Å². The molecule has 4 rings (SSSR count). The van der Waals surface area contributed by atoms with Crippen LogP contribution in [-0.4, -0.2) is 39.0 Å². The van der Waals surface area contributed by atoms with Crippen molar-refractivity contribution in [1.29, 1.82) is 0 Å². The van der Waals surface area contributed by atoms with Gasteiger partial charge in [-0.2, -0.15) is 0 Å². The SMILES string of the molecule is CCCCc1ccc(NS(=O)(=O)c2ccc(C)c(C(=O)OC(C)C(=O)Nc3sc(-c4ccccc4)cc3C(=O)OCC)c2)cc1. The fraction of sp³-hybridized carbons (Fsp3) is 0.265. The van der Waals surface area contributed by atoms with Crippen molar-refractivity contribution in [3.05, 3.63) is 101 Å². The van der Waals surface area contributed by atoms with Crippen molar-refractivity contribution in [3.8, 4) is 10.4 Å². The average molecular weight is 649 g/mol. The number of unbranched alkanes of at least 4 members (excludes halogenated alkanes) is 1. The second kappa shape index (κ2) is 15.0. The van der Waals surface area contributed by atoms with Crippen molar-refractivity contribution in [3.63, 3.8) is 0 Å². The predicted octanol–water partition coefficient (Wildman–Crippen LogP) is 7.23. The van der Waals surface area contributed by atoms with E-state index in [-0.39, 0.29) is 27.6 Å². The van der Waals surface area contributed by atoms with E-state index in [2.05, 4.69) is 17.0 Å². The van der Waals surface area contributed by atoms with Gasteiger partial charge in [0, 0.05) is 10.6 Å². The highest BCUT2D eigenvalue weighted by Crippen LogP contribution is 2.36. The zero-order valence-electron chi connectivity index (χ0n) is 25.6. The monoisotopic (exact) mass is 648 g/mol.